The normalized spacial score (nSPS) is 13.9. The van der Waals surface area contributed by atoms with Gasteiger partial charge in [0.05, 0.1) is 6.10 Å². The van der Waals surface area contributed by atoms with Crippen LogP contribution in [-0.4, -0.2) is 16.2 Å². The lowest BCUT2D eigenvalue weighted by Gasteiger charge is -2.22. The molecule has 0 aromatic carbocycles. The molecule has 0 fully saturated rings. The van der Waals surface area contributed by atoms with Crippen molar-refractivity contribution in [1.29, 1.82) is 0 Å². The Morgan fingerprint density at radius 2 is 2.00 bits per heavy atom. The van der Waals surface area contributed by atoms with E-state index in [1.165, 1.54) is 0 Å². The van der Waals surface area contributed by atoms with Gasteiger partial charge in [-0.05, 0) is 30.4 Å². The van der Waals surface area contributed by atoms with Crippen LogP contribution in [0.1, 0.15) is 38.4 Å². The summed E-state index contributed by atoms with van der Waals surface area (Å²) in [6, 6.07) is 4.02. The quantitative estimate of drug-likeness (QED) is 0.826. The van der Waals surface area contributed by atoms with Crippen LogP contribution in [0.3, 0.4) is 0 Å². The first-order valence-corrected chi connectivity index (χ1v) is 5.46. The van der Waals surface area contributed by atoms with Crippen molar-refractivity contribution in [3.63, 3.8) is 0 Å². The van der Waals surface area contributed by atoms with Gasteiger partial charge in [0.2, 0.25) is 0 Å². The van der Waals surface area contributed by atoms with Gasteiger partial charge in [-0.15, -0.1) is 0 Å². The number of aryl methyl sites for hydroxylation is 1. The van der Waals surface area contributed by atoms with Crippen LogP contribution < -0.4 is 0 Å². The van der Waals surface area contributed by atoms with Crippen molar-refractivity contribution >= 4 is 0 Å². The molecule has 2 nitrogen and oxygen atoms in total. The Kier molecular flexibility index (Phi) is 3.86. The van der Waals surface area contributed by atoms with Gasteiger partial charge in [0.25, 0.3) is 0 Å². The molecule has 0 saturated carbocycles. The summed E-state index contributed by atoms with van der Waals surface area (Å²) in [7, 11) is 0. The van der Waals surface area contributed by atoms with E-state index in [0.29, 0.717) is 6.42 Å². The Morgan fingerprint density at radius 1 is 1.33 bits per heavy atom. The van der Waals surface area contributed by atoms with Gasteiger partial charge < -0.3 is 5.11 Å². The summed E-state index contributed by atoms with van der Waals surface area (Å²) in [6.07, 6.45) is 3.01. The predicted molar refractivity (Wildman–Crippen MR) is 62.8 cm³/mol. The first-order valence-electron chi connectivity index (χ1n) is 5.46. The molecule has 0 bridgehead atoms. The molecule has 0 amide bonds. The maximum atomic E-state index is 9.87. The second-order valence-electron chi connectivity index (χ2n) is 5.45. The van der Waals surface area contributed by atoms with Crippen molar-refractivity contribution in [1.82, 2.24) is 4.98 Å². The first-order chi connectivity index (χ1) is 6.87. The van der Waals surface area contributed by atoms with E-state index in [9.17, 15) is 5.11 Å². The number of aromatic nitrogens is 1. The van der Waals surface area contributed by atoms with Crippen molar-refractivity contribution < 1.29 is 5.11 Å². The lowest BCUT2D eigenvalue weighted by atomic mass is 9.88. The third-order valence-electron chi connectivity index (χ3n) is 2.27. The van der Waals surface area contributed by atoms with Crippen molar-refractivity contribution in [2.24, 2.45) is 5.41 Å². The number of nitrogens with zero attached hydrogens (tertiary/aromatic N) is 1. The highest BCUT2D eigenvalue weighted by Crippen LogP contribution is 2.22. The van der Waals surface area contributed by atoms with E-state index in [2.05, 4.69) is 25.8 Å². The zero-order valence-electron chi connectivity index (χ0n) is 10.1. The molecule has 15 heavy (non-hydrogen) atoms. The summed E-state index contributed by atoms with van der Waals surface area (Å²) in [5, 5.41) is 9.87. The lowest BCUT2D eigenvalue weighted by molar-refractivity contribution is 0.120. The molecule has 0 saturated heterocycles. The number of hydrogen-bond acceptors (Lipinski definition) is 2. The van der Waals surface area contributed by atoms with Crippen LogP contribution >= 0.6 is 0 Å². The Labute approximate surface area is 92.4 Å². The highest BCUT2D eigenvalue weighted by atomic mass is 16.3. The maximum absolute atomic E-state index is 9.87. The second-order valence-corrected chi connectivity index (χ2v) is 5.45. The van der Waals surface area contributed by atoms with Crippen molar-refractivity contribution in [3.05, 3.63) is 29.6 Å². The molecule has 1 N–H and O–H groups in total. The molecule has 1 unspecified atom stereocenters. The minimum atomic E-state index is -0.291. The first kappa shape index (κ1) is 12.2. The molecule has 1 aromatic heterocycles. The fourth-order valence-electron chi connectivity index (χ4n) is 1.64. The van der Waals surface area contributed by atoms with Crippen molar-refractivity contribution in [2.75, 3.05) is 0 Å². The van der Waals surface area contributed by atoms with Crippen LogP contribution in [0.25, 0.3) is 0 Å². The molecular weight excluding hydrogens is 186 g/mol. The molecule has 1 aromatic rings. The molecular formula is C13H21NO. The molecule has 84 valence electrons. The third-order valence-corrected chi connectivity index (χ3v) is 2.27. The maximum Gasteiger partial charge on any atom is 0.0600 e. The monoisotopic (exact) mass is 207 g/mol. The lowest BCUT2D eigenvalue weighted by Crippen LogP contribution is -2.20. The summed E-state index contributed by atoms with van der Waals surface area (Å²) in [5.41, 5.74) is 2.30. The van der Waals surface area contributed by atoms with E-state index >= 15 is 0 Å². The molecule has 0 radical (unpaired) electrons. The van der Waals surface area contributed by atoms with Gasteiger partial charge in [0.1, 0.15) is 0 Å². The van der Waals surface area contributed by atoms with Gasteiger partial charge in [-0.3, -0.25) is 4.98 Å². The van der Waals surface area contributed by atoms with Crippen LogP contribution in [0.5, 0.6) is 0 Å². The molecule has 1 rings (SSSR count). The molecule has 0 aliphatic carbocycles. The third kappa shape index (κ3) is 4.93. The molecule has 2 heteroatoms. The van der Waals surface area contributed by atoms with Gasteiger partial charge in [0, 0.05) is 18.3 Å². The van der Waals surface area contributed by atoms with Gasteiger partial charge in [0.15, 0.2) is 0 Å². The number of rotatable bonds is 3. The topological polar surface area (TPSA) is 33.1 Å². The largest absolute Gasteiger partial charge is 0.393 e. The summed E-state index contributed by atoms with van der Waals surface area (Å²) in [5.74, 6) is 0. The van der Waals surface area contributed by atoms with E-state index in [4.69, 9.17) is 0 Å². The fourth-order valence-corrected chi connectivity index (χ4v) is 1.64. The number of aliphatic hydroxyl groups excluding tert-OH is 1. The summed E-state index contributed by atoms with van der Waals surface area (Å²) in [6.45, 7) is 8.43. The second kappa shape index (κ2) is 4.75. The van der Waals surface area contributed by atoms with E-state index < -0.39 is 0 Å². The van der Waals surface area contributed by atoms with Crippen LogP contribution in [0.15, 0.2) is 18.3 Å². The zero-order chi connectivity index (χ0) is 11.5. The smallest absolute Gasteiger partial charge is 0.0600 e. The summed E-state index contributed by atoms with van der Waals surface area (Å²) < 4.78 is 0. The molecule has 0 spiro atoms. The fraction of sp³-hybridized carbons (Fsp3) is 0.615. The van der Waals surface area contributed by atoms with Crippen LogP contribution in [-0.2, 0) is 6.42 Å². The number of pyridine rings is 1. The number of aliphatic hydroxyl groups is 1. The van der Waals surface area contributed by atoms with Crippen molar-refractivity contribution in [3.8, 4) is 0 Å². The highest BCUT2D eigenvalue weighted by molar-refractivity contribution is 5.12. The predicted octanol–water partition coefficient (Wildman–Crippen LogP) is 2.73. The van der Waals surface area contributed by atoms with Gasteiger partial charge in [-0.2, -0.15) is 0 Å². The van der Waals surface area contributed by atoms with E-state index in [0.717, 1.165) is 17.7 Å². The van der Waals surface area contributed by atoms with Crippen LogP contribution in [0.4, 0.5) is 0 Å². The summed E-state index contributed by atoms with van der Waals surface area (Å²) >= 11 is 0. The molecule has 1 atom stereocenters. The van der Waals surface area contributed by atoms with E-state index in [1.807, 2.05) is 25.3 Å². The van der Waals surface area contributed by atoms with Crippen LogP contribution in [0.2, 0.25) is 0 Å². The average Bonchev–Trinajstić information content (AvgIpc) is 2.05. The molecule has 0 aliphatic heterocycles. The SMILES string of the molecule is Cc1ccc(CC(O)CC(C)(C)C)nc1. The molecule has 0 aliphatic rings. The van der Waals surface area contributed by atoms with Crippen LogP contribution in [0, 0.1) is 12.3 Å². The van der Waals surface area contributed by atoms with Crippen molar-refractivity contribution in [2.45, 2.75) is 46.6 Å². The Bertz CT molecular complexity index is 297. The Balaban J connectivity index is 2.51. The Hall–Kier alpha value is -0.890. The highest BCUT2D eigenvalue weighted by Gasteiger charge is 2.17. The summed E-state index contributed by atoms with van der Waals surface area (Å²) in [4.78, 5) is 4.29. The van der Waals surface area contributed by atoms with E-state index in [-0.39, 0.29) is 11.5 Å². The minimum Gasteiger partial charge on any atom is -0.393 e. The van der Waals surface area contributed by atoms with E-state index in [1.54, 1.807) is 0 Å². The number of hydrogen-bond donors (Lipinski definition) is 1. The zero-order valence-corrected chi connectivity index (χ0v) is 10.1. The minimum absolute atomic E-state index is 0.171. The van der Waals surface area contributed by atoms with Gasteiger partial charge >= 0.3 is 0 Å². The standard InChI is InChI=1S/C13H21NO/c1-10-5-6-11(14-9-10)7-12(15)8-13(2,3)4/h5-6,9,12,15H,7-8H2,1-4H3. The Morgan fingerprint density at radius 3 is 2.47 bits per heavy atom. The van der Waals surface area contributed by atoms with Gasteiger partial charge in [-0.1, -0.05) is 26.8 Å². The average molecular weight is 207 g/mol. The molecule has 1 heterocycles. The van der Waals surface area contributed by atoms with Gasteiger partial charge in [-0.25, -0.2) is 0 Å².